The van der Waals surface area contributed by atoms with Crippen LogP contribution in [-0.2, 0) is 0 Å². The summed E-state index contributed by atoms with van der Waals surface area (Å²) in [5.74, 6) is 1.36. The SMILES string of the molecule is COc1ccc(-c2c(C)nc3c(N4CCC(n5cc(-c6ccccc6)nn5)C4)cc(C)nn23)cc1OC. The van der Waals surface area contributed by atoms with E-state index in [4.69, 9.17) is 19.6 Å². The Bertz CT molecular complexity index is 1570. The van der Waals surface area contributed by atoms with Crippen LogP contribution in [0.5, 0.6) is 11.5 Å². The van der Waals surface area contributed by atoms with Gasteiger partial charge in [-0.15, -0.1) is 5.10 Å². The minimum atomic E-state index is 0.236. The van der Waals surface area contributed by atoms with Gasteiger partial charge in [0.2, 0.25) is 0 Å². The molecule has 0 radical (unpaired) electrons. The summed E-state index contributed by atoms with van der Waals surface area (Å²) in [4.78, 5) is 7.35. The number of aryl methyl sites for hydroxylation is 2. The van der Waals surface area contributed by atoms with Crippen molar-refractivity contribution in [2.75, 3.05) is 32.2 Å². The molecule has 0 bridgehead atoms. The number of benzene rings is 2. The zero-order chi connectivity index (χ0) is 25.5. The van der Waals surface area contributed by atoms with Crippen molar-refractivity contribution in [3.05, 3.63) is 72.2 Å². The van der Waals surface area contributed by atoms with E-state index in [0.29, 0.717) is 11.5 Å². The summed E-state index contributed by atoms with van der Waals surface area (Å²) in [6, 6.07) is 18.4. The van der Waals surface area contributed by atoms with Gasteiger partial charge in [-0.1, -0.05) is 35.5 Å². The quantitative estimate of drug-likeness (QED) is 0.336. The summed E-state index contributed by atoms with van der Waals surface area (Å²) in [6.07, 6.45) is 3.03. The second kappa shape index (κ2) is 9.24. The van der Waals surface area contributed by atoms with Crippen LogP contribution in [0.4, 0.5) is 5.69 Å². The van der Waals surface area contributed by atoms with Crippen LogP contribution in [0.1, 0.15) is 23.9 Å². The first-order valence-corrected chi connectivity index (χ1v) is 12.4. The fourth-order valence-electron chi connectivity index (χ4n) is 5.15. The van der Waals surface area contributed by atoms with Crippen molar-refractivity contribution < 1.29 is 9.47 Å². The highest BCUT2D eigenvalue weighted by Crippen LogP contribution is 2.36. The molecular formula is C28H29N7O2. The van der Waals surface area contributed by atoms with Crippen molar-refractivity contribution in [3.63, 3.8) is 0 Å². The molecule has 5 aromatic rings. The summed E-state index contributed by atoms with van der Waals surface area (Å²) in [6.45, 7) is 5.77. The molecule has 1 saturated heterocycles. The highest BCUT2D eigenvalue weighted by atomic mass is 16.5. The van der Waals surface area contributed by atoms with Crippen LogP contribution in [-0.4, -0.2) is 56.9 Å². The third-order valence-electron chi connectivity index (χ3n) is 6.98. The van der Waals surface area contributed by atoms with Gasteiger partial charge in [-0.3, -0.25) is 0 Å². The number of ether oxygens (including phenoxy) is 2. The maximum atomic E-state index is 5.54. The number of imidazole rings is 1. The predicted molar refractivity (Wildman–Crippen MR) is 142 cm³/mol. The van der Waals surface area contributed by atoms with E-state index in [1.54, 1.807) is 14.2 Å². The van der Waals surface area contributed by atoms with Crippen LogP contribution in [0.15, 0.2) is 60.8 Å². The van der Waals surface area contributed by atoms with Crippen molar-refractivity contribution in [2.45, 2.75) is 26.3 Å². The van der Waals surface area contributed by atoms with Crippen molar-refractivity contribution in [1.29, 1.82) is 0 Å². The molecule has 37 heavy (non-hydrogen) atoms. The van der Waals surface area contributed by atoms with Crippen LogP contribution in [0.25, 0.3) is 28.2 Å². The van der Waals surface area contributed by atoms with Gasteiger partial charge in [-0.2, -0.15) is 5.10 Å². The minimum Gasteiger partial charge on any atom is -0.493 e. The second-order valence-corrected chi connectivity index (χ2v) is 9.36. The number of aromatic nitrogens is 6. The lowest BCUT2D eigenvalue weighted by Gasteiger charge is -2.20. The molecule has 1 fully saturated rings. The Morgan fingerprint density at radius 2 is 1.73 bits per heavy atom. The maximum absolute atomic E-state index is 5.54. The van der Waals surface area contributed by atoms with Crippen LogP contribution in [0.2, 0.25) is 0 Å². The van der Waals surface area contributed by atoms with Gasteiger partial charge < -0.3 is 14.4 Å². The molecule has 2 aromatic carbocycles. The van der Waals surface area contributed by atoms with Crippen molar-refractivity contribution in [2.24, 2.45) is 0 Å². The molecule has 1 aliphatic heterocycles. The van der Waals surface area contributed by atoms with E-state index in [2.05, 4.69) is 33.4 Å². The average molecular weight is 496 g/mol. The molecule has 0 amide bonds. The molecule has 9 heteroatoms. The molecular weight excluding hydrogens is 466 g/mol. The summed E-state index contributed by atoms with van der Waals surface area (Å²) >= 11 is 0. The zero-order valence-corrected chi connectivity index (χ0v) is 21.4. The van der Waals surface area contributed by atoms with Gasteiger partial charge in [0.1, 0.15) is 5.69 Å². The molecule has 0 aliphatic carbocycles. The number of hydrogen-bond acceptors (Lipinski definition) is 7. The number of rotatable bonds is 6. The van der Waals surface area contributed by atoms with Gasteiger partial charge in [-0.25, -0.2) is 14.2 Å². The summed E-state index contributed by atoms with van der Waals surface area (Å²) in [7, 11) is 3.28. The molecule has 4 heterocycles. The molecule has 1 unspecified atom stereocenters. The van der Waals surface area contributed by atoms with Crippen molar-refractivity contribution in [1.82, 2.24) is 29.6 Å². The summed E-state index contributed by atoms with van der Waals surface area (Å²) < 4.78 is 14.9. The lowest BCUT2D eigenvalue weighted by molar-refractivity contribution is 0.355. The number of fused-ring (bicyclic) bond motifs is 1. The lowest BCUT2D eigenvalue weighted by atomic mass is 10.1. The van der Waals surface area contributed by atoms with Gasteiger partial charge >= 0.3 is 0 Å². The van der Waals surface area contributed by atoms with E-state index in [0.717, 1.165) is 64.7 Å². The third kappa shape index (κ3) is 4.06. The van der Waals surface area contributed by atoms with Crippen LogP contribution in [0.3, 0.4) is 0 Å². The van der Waals surface area contributed by atoms with E-state index < -0.39 is 0 Å². The van der Waals surface area contributed by atoms with Crippen LogP contribution < -0.4 is 14.4 Å². The summed E-state index contributed by atoms with van der Waals surface area (Å²) in [5, 5.41) is 13.7. The summed E-state index contributed by atoms with van der Waals surface area (Å²) in [5.41, 5.74) is 7.64. The first-order valence-electron chi connectivity index (χ1n) is 12.4. The van der Waals surface area contributed by atoms with E-state index in [-0.39, 0.29) is 6.04 Å². The standard InChI is InChI=1S/C28H29N7O2/c1-18-14-24(33-13-12-22(16-33)34-17-23(30-32-34)20-8-6-5-7-9-20)28-29-19(2)27(35(28)31-18)21-10-11-25(36-3)26(15-21)37-4/h5-11,14-15,17,22H,12-13,16H2,1-4H3. The van der Waals surface area contributed by atoms with Gasteiger partial charge in [0, 0.05) is 24.2 Å². The molecule has 0 spiro atoms. The molecule has 0 saturated carbocycles. The maximum Gasteiger partial charge on any atom is 0.178 e. The topological polar surface area (TPSA) is 82.6 Å². The van der Waals surface area contributed by atoms with Crippen molar-refractivity contribution in [3.8, 4) is 34.0 Å². The Kier molecular flexibility index (Phi) is 5.75. The van der Waals surface area contributed by atoms with Crippen LogP contribution >= 0.6 is 0 Å². The lowest BCUT2D eigenvalue weighted by Crippen LogP contribution is -2.22. The molecule has 0 N–H and O–H groups in total. The Hall–Kier alpha value is -4.40. The largest absolute Gasteiger partial charge is 0.493 e. The zero-order valence-electron chi connectivity index (χ0n) is 21.4. The highest BCUT2D eigenvalue weighted by Gasteiger charge is 2.28. The number of methoxy groups -OCH3 is 2. The first-order chi connectivity index (χ1) is 18.1. The number of anilines is 1. The molecule has 188 valence electrons. The van der Waals surface area contributed by atoms with Gasteiger partial charge in [0.15, 0.2) is 17.1 Å². The van der Waals surface area contributed by atoms with Gasteiger partial charge in [-0.05, 0) is 44.5 Å². The first kappa shape index (κ1) is 23.0. The van der Waals surface area contributed by atoms with E-state index in [1.807, 2.05) is 65.6 Å². The molecule has 9 nitrogen and oxygen atoms in total. The Balaban J connectivity index is 1.33. The fraction of sp³-hybridized carbons (Fsp3) is 0.286. The van der Waals surface area contributed by atoms with Gasteiger partial charge in [0.25, 0.3) is 0 Å². The van der Waals surface area contributed by atoms with Crippen LogP contribution in [0, 0.1) is 13.8 Å². The number of nitrogens with zero attached hydrogens (tertiary/aromatic N) is 7. The second-order valence-electron chi connectivity index (χ2n) is 9.36. The third-order valence-corrected chi connectivity index (χ3v) is 6.98. The smallest absolute Gasteiger partial charge is 0.178 e. The molecule has 6 rings (SSSR count). The van der Waals surface area contributed by atoms with Gasteiger partial charge in [0.05, 0.1) is 49.2 Å². The molecule has 3 aromatic heterocycles. The Morgan fingerprint density at radius 3 is 2.51 bits per heavy atom. The van der Waals surface area contributed by atoms with E-state index >= 15 is 0 Å². The average Bonchev–Trinajstić information content (AvgIpc) is 3.67. The Labute approximate surface area is 215 Å². The minimum absolute atomic E-state index is 0.236. The molecule has 1 aliphatic rings. The number of hydrogen-bond donors (Lipinski definition) is 0. The predicted octanol–water partition coefficient (Wildman–Crippen LogP) is 4.74. The fourth-order valence-corrected chi connectivity index (χ4v) is 5.15. The van der Waals surface area contributed by atoms with Crippen molar-refractivity contribution >= 4 is 11.3 Å². The Morgan fingerprint density at radius 1 is 0.919 bits per heavy atom. The highest BCUT2D eigenvalue weighted by molar-refractivity contribution is 5.77. The van der Waals surface area contributed by atoms with E-state index in [1.165, 1.54) is 0 Å². The van der Waals surface area contributed by atoms with E-state index in [9.17, 15) is 0 Å². The monoisotopic (exact) mass is 495 g/mol. The molecule has 1 atom stereocenters. The normalized spacial score (nSPS) is 15.5.